The van der Waals surface area contributed by atoms with Crippen molar-refractivity contribution in [2.45, 2.75) is 32.6 Å². The molecule has 0 fully saturated rings. The number of aromatic amines is 1. The van der Waals surface area contributed by atoms with Crippen LogP contribution < -0.4 is 5.32 Å². The summed E-state index contributed by atoms with van der Waals surface area (Å²) in [7, 11) is 0. The van der Waals surface area contributed by atoms with E-state index in [0.717, 1.165) is 23.4 Å². The largest absolute Gasteiger partial charge is 0.481 e. The zero-order valence-corrected chi connectivity index (χ0v) is 13.9. The third-order valence-electron chi connectivity index (χ3n) is 3.98. The molecule has 0 saturated heterocycles. The molecule has 0 aliphatic rings. The molecule has 1 aromatic carbocycles. The monoisotopic (exact) mass is 328 g/mol. The summed E-state index contributed by atoms with van der Waals surface area (Å²) in [6, 6.07) is 14.0. The molecule has 2 aromatic rings. The maximum Gasteiger partial charge on any atom is 0.308 e. The molecule has 5 nitrogen and oxygen atoms in total. The lowest BCUT2D eigenvalue weighted by Gasteiger charge is -2.12. The van der Waals surface area contributed by atoms with Gasteiger partial charge in [-0.25, -0.2) is 0 Å². The smallest absolute Gasteiger partial charge is 0.308 e. The highest BCUT2D eigenvalue weighted by atomic mass is 16.4. The Morgan fingerprint density at radius 1 is 1.17 bits per heavy atom. The maximum absolute atomic E-state index is 11.9. The average molecular weight is 328 g/mol. The van der Waals surface area contributed by atoms with E-state index in [1.807, 2.05) is 49.4 Å². The highest BCUT2D eigenvalue weighted by Crippen LogP contribution is 2.18. The molecule has 1 aromatic heterocycles. The number of H-pyrrole nitrogens is 1. The molecule has 3 N–H and O–H groups in total. The van der Waals surface area contributed by atoms with E-state index in [4.69, 9.17) is 5.11 Å². The molecule has 0 aliphatic heterocycles. The van der Waals surface area contributed by atoms with Crippen LogP contribution >= 0.6 is 0 Å². The lowest BCUT2D eigenvalue weighted by atomic mass is 10.0. The van der Waals surface area contributed by atoms with Crippen molar-refractivity contribution >= 4 is 11.9 Å². The maximum atomic E-state index is 11.9. The van der Waals surface area contributed by atoms with Gasteiger partial charge in [-0.3, -0.25) is 9.59 Å². The van der Waals surface area contributed by atoms with E-state index < -0.39 is 11.9 Å². The lowest BCUT2D eigenvalue weighted by Crippen LogP contribution is -2.33. The standard InChI is InChI=1S/C19H24N2O3/c1-2-6-15(19(23)24)13-20-18(22)12-10-16-9-11-17(21-16)14-7-4-3-5-8-14/h3-5,7-9,11,15,21H,2,6,10,12-13H2,1H3,(H,20,22)(H,23,24). The molecule has 0 aliphatic carbocycles. The molecular weight excluding hydrogens is 304 g/mol. The van der Waals surface area contributed by atoms with Crippen LogP contribution in [-0.2, 0) is 16.0 Å². The number of benzene rings is 1. The van der Waals surface area contributed by atoms with E-state index in [1.165, 1.54) is 0 Å². The van der Waals surface area contributed by atoms with E-state index in [9.17, 15) is 9.59 Å². The van der Waals surface area contributed by atoms with Gasteiger partial charge in [0.1, 0.15) is 0 Å². The minimum Gasteiger partial charge on any atom is -0.481 e. The van der Waals surface area contributed by atoms with Crippen molar-refractivity contribution in [2.75, 3.05) is 6.54 Å². The van der Waals surface area contributed by atoms with Crippen LogP contribution in [0.4, 0.5) is 0 Å². The molecule has 0 spiro atoms. The fourth-order valence-electron chi connectivity index (χ4n) is 2.61. The van der Waals surface area contributed by atoms with Gasteiger partial charge in [0.05, 0.1) is 5.92 Å². The number of amides is 1. The first-order chi connectivity index (χ1) is 11.6. The van der Waals surface area contributed by atoms with E-state index >= 15 is 0 Å². The fraction of sp³-hybridized carbons (Fsp3) is 0.368. The van der Waals surface area contributed by atoms with E-state index in [1.54, 1.807) is 0 Å². The third-order valence-corrected chi connectivity index (χ3v) is 3.98. The summed E-state index contributed by atoms with van der Waals surface area (Å²) >= 11 is 0. The molecule has 1 amide bonds. The number of hydrogen-bond acceptors (Lipinski definition) is 2. The van der Waals surface area contributed by atoms with Crippen molar-refractivity contribution in [3.8, 4) is 11.3 Å². The Morgan fingerprint density at radius 2 is 1.92 bits per heavy atom. The summed E-state index contributed by atoms with van der Waals surface area (Å²) < 4.78 is 0. The van der Waals surface area contributed by atoms with Crippen molar-refractivity contribution in [3.05, 3.63) is 48.2 Å². The molecule has 2 rings (SSSR count). The summed E-state index contributed by atoms with van der Waals surface area (Å²) in [5.41, 5.74) is 3.13. The lowest BCUT2D eigenvalue weighted by molar-refractivity contribution is -0.141. The van der Waals surface area contributed by atoms with Crippen molar-refractivity contribution in [3.63, 3.8) is 0 Å². The summed E-state index contributed by atoms with van der Waals surface area (Å²) in [6.07, 6.45) is 2.31. The summed E-state index contributed by atoms with van der Waals surface area (Å²) in [6.45, 7) is 2.13. The van der Waals surface area contributed by atoms with Gasteiger partial charge < -0.3 is 15.4 Å². The number of aliphatic carboxylic acids is 1. The molecule has 5 heteroatoms. The SMILES string of the molecule is CCCC(CNC(=O)CCc1ccc(-c2ccccc2)[nH]1)C(=O)O. The molecular formula is C19H24N2O3. The van der Waals surface area contributed by atoms with Gasteiger partial charge in [0.2, 0.25) is 5.91 Å². The van der Waals surface area contributed by atoms with Gasteiger partial charge in [-0.1, -0.05) is 43.7 Å². The minimum absolute atomic E-state index is 0.117. The Balaban J connectivity index is 1.80. The number of nitrogens with one attached hydrogen (secondary N) is 2. The predicted octanol–water partition coefficient (Wildman–Crippen LogP) is 3.23. The van der Waals surface area contributed by atoms with E-state index in [2.05, 4.69) is 10.3 Å². The summed E-state index contributed by atoms with van der Waals surface area (Å²) in [4.78, 5) is 26.3. The highest BCUT2D eigenvalue weighted by molar-refractivity contribution is 5.77. The van der Waals surface area contributed by atoms with Gasteiger partial charge >= 0.3 is 5.97 Å². The molecule has 24 heavy (non-hydrogen) atoms. The number of hydrogen-bond donors (Lipinski definition) is 3. The van der Waals surface area contributed by atoms with Crippen LogP contribution in [0.5, 0.6) is 0 Å². The normalized spacial score (nSPS) is 11.9. The van der Waals surface area contributed by atoms with Crippen LogP contribution in [0.1, 0.15) is 31.9 Å². The van der Waals surface area contributed by atoms with Crippen molar-refractivity contribution in [1.82, 2.24) is 10.3 Å². The number of carboxylic acid groups (broad SMARTS) is 1. The van der Waals surface area contributed by atoms with Gasteiger partial charge in [0.25, 0.3) is 0 Å². The zero-order valence-electron chi connectivity index (χ0n) is 13.9. The van der Waals surface area contributed by atoms with Crippen LogP contribution in [0.2, 0.25) is 0 Å². The zero-order chi connectivity index (χ0) is 17.4. The van der Waals surface area contributed by atoms with Crippen molar-refractivity contribution in [1.29, 1.82) is 0 Å². The van der Waals surface area contributed by atoms with Crippen LogP contribution in [0.3, 0.4) is 0 Å². The van der Waals surface area contributed by atoms with E-state index in [0.29, 0.717) is 19.3 Å². The first-order valence-corrected chi connectivity index (χ1v) is 8.33. The van der Waals surface area contributed by atoms with Crippen LogP contribution in [-0.4, -0.2) is 28.5 Å². The molecule has 128 valence electrons. The van der Waals surface area contributed by atoms with Gasteiger partial charge in [-0.05, 0) is 30.5 Å². The molecule has 0 radical (unpaired) electrons. The summed E-state index contributed by atoms with van der Waals surface area (Å²) in [5.74, 6) is -1.48. The van der Waals surface area contributed by atoms with Crippen molar-refractivity contribution < 1.29 is 14.7 Å². The highest BCUT2D eigenvalue weighted by Gasteiger charge is 2.17. The fourth-order valence-corrected chi connectivity index (χ4v) is 2.61. The Bertz CT molecular complexity index is 664. The topological polar surface area (TPSA) is 82.2 Å². The number of rotatable bonds is 9. The average Bonchev–Trinajstić information content (AvgIpc) is 3.06. The predicted molar refractivity (Wildman–Crippen MR) is 93.6 cm³/mol. The Morgan fingerprint density at radius 3 is 2.58 bits per heavy atom. The van der Waals surface area contributed by atoms with Crippen LogP contribution in [0.25, 0.3) is 11.3 Å². The first kappa shape index (κ1) is 17.8. The first-order valence-electron chi connectivity index (χ1n) is 8.33. The Kier molecular flexibility index (Phi) is 6.61. The van der Waals surface area contributed by atoms with Crippen LogP contribution in [0.15, 0.2) is 42.5 Å². The molecule has 1 atom stereocenters. The Labute approximate surface area is 142 Å². The molecule has 0 saturated carbocycles. The van der Waals surface area contributed by atoms with Crippen LogP contribution in [0, 0.1) is 5.92 Å². The van der Waals surface area contributed by atoms with E-state index in [-0.39, 0.29) is 12.5 Å². The number of carbonyl (C=O) groups excluding carboxylic acids is 1. The van der Waals surface area contributed by atoms with Crippen molar-refractivity contribution in [2.24, 2.45) is 5.92 Å². The quantitative estimate of drug-likeness (QED) is 0.661. The van der Waals surface area contributed by atoms with Gasteiger partial charge in [-0.15, -0.1) is 0 Å². The molecule has 0 bridgehead atoms. The molecule has 1 unspecified atom stereocenters. The molecule has 1 heterocycles. The second-order valence-electron chi connectivity index (χ2n) is 5.89. The van der Waals surface area contributed by atoms with Gasteiger partial charge in [-0.2, -0.15) is 0 Å². The minimum atomic E-state index is -0.853. The summed E-state index contributed by atoms with van der Waals surface area (Å²) in [5, 5.41) is 11.8. The van der Waals surface area contributed by atoms with Gasteiger partial charge in [0, 0.05) is 24.4 Å². The third kappa shape index (κ3) is 5.26. The Hall–Kier alpha value is -2.56. The second-order valence-corrected chi connectivity index (χ2v) is 5.89. The number of carboxylic acids is 1. The second kappa shape index (κ2) is 8.91. The number of carbonyl (C=O) groups is 2. The number of aryl methyl sites for hydroxylation is 1. The number of aromatic nitrogens is 1. The van der Waals surface area contributed by atoms with Gasteiger partial charge in [0.15, 0.2) is 0 Å².